The van der Waals surface area contributed by atoms with Gasteiger partial charge in [-0.3, -0.25) is 0 Å². The van der Waals surface area contributed by atoms with Crippen LogP contribution in [0, 0.1) is 5.92 Å². The van der Waals surface area contributed by atoms with E-state index in [2.05, 4.69) is 28.9 Å². The van der Waals surface area contributed by atoms with E-state index in [1.807, 2.05) is 0 Å². The first-order valence-electron chi connectivity index (χ1n) is 5.10. The Morgan fingerprint density at radius 3 is 2.53 bits per heavy atom. The molecule has 2 unspecified atom stereocenters. The summed E-state index contributed by atoms with van der Waals surface area (Å²) in [7, 11) is 2.11. The average Bonchev–Trinajstić information content (AvgIpc) is 2.08. The lowest BCUT2D eigenvalue weighted by Gasteiger charge is -2.32. The number of piperidine rings is 1. The molecule has 1 aliphatic rings. The van der Waals surface area contributed by atoms with Gasteiger partial charge in [-0.1, -0.05) is 6.92 Å². The second-order valence-corrected chi connectivity index (χ2v) is 4.12. The third-order valence-corrected chi connectivity index (χ3v) is 2.60. The second kappa shape index (κ2) is 4.97. The van der Waals surface area contributed by atoms with Crippen molar-refractivity contribution in [2.75, 3.05) is 20.1 Å². The third-order valence-electron chi connectivity index (χ3n) is 2.60. The van der Waals surface area contributed by atoms with Gasteiger partial charge in [0.1, 0.15) is 0 Å². The molecule has 1 saturated heterocycles. The first-order chi connectivity index (χ1) is 6.99. The van der Waals surface area contributed by atoms with Crippen molar-refractivity contribution in [1.82, 2.24) is 4.90 Å². The van der Waals surface area contributed by atoms with E-state index in [9.17, 15) is 0 Å². The van der Waals surface area contributed by atoms with Crippen molar-refractivity contribution in [2.45, 2.75) is 19.4 Å². The van der Waals surface area contributed by atoms with Gasteiger partial charge in [0.05, 0.1) is 6.04 Å². The van der Waals surface area contributed by atoms with Crippen molar-refractivity contribution in [1.29, 1.82) is 0 Å². The van der Waals surface area contributed by atoms with Crippen molar-refractivity contribution >= 4 is 11.9 Å². The Labute approximate surface area is 90.2 Å². The molecule has 6 nitrogen and oxygen atoms in total. The van der Waals surface area contributed by atoms with Crippen LogP contribution in [0.3, 0.4) is 0 Å². The van der Waals surface area contributed by atoms with Crippen LogP contribution in [0.2, 0.25) is 0 Å². The monoisotopic (exact) mass is 212 g/mol. The van der Waals surface area contributed by atoms with Gasteiger partial charge >= 0.3 is 0 Å². The van der Waals surface area contributed by atoms with Crippen LogP contribution in [0.15, 0.2) is 9.98 Å². The molecule has 0 bridgehead atoms. The van der Waals surface area contributed by atoms with Crippen LogP contribution in [0.1, 0.15) is 13.3 Å². The summed E-state index contributed by atoms with van der Waals surface area (Å²) in [6.07, 6.45) is 0.998. The zero-order chi connectivity index (χ0) is 11.4. The lowest BCUT2D eigenvalue weighted by molar-refractivity contribution is 0.198. The van der Waals surface area contributed by atoms with Crippen LogP contribution in [0.4, 0.5) is 0 Å². The molecule has 0 amide bonds. The van der Waals surface area contributed by atoms with E-state index in [1.165, 1.54) is 0 Å². The molecule has 0 aromatic heterocycles. The SMILES string of the molecule is CC1CN(C)CCC1N=C(N)N=C(N)N. The summed E-state index contributed by atoms with van der Waals surface area (Å²) in [5, 5.41) is 0. The van der Waals surface area contributed by atoms with Gasteiger partial charge in [0, 0.05) is 6.54 Å². The van der Waals surface area contributed by atoms with Gasteiger partial charge in [-0.2, -0.15) is 4.99 Å². The Kier molecular flexibility index (Phi) is 3.90. The van der Waals surface area contributed by atoms with Gasteiger partial charge in [-0.15, -0.1) is 0 Å². The van der Waals surface area contributed by atoms with Crippen molar-refractivity contribution < 1.29 is 0 Å². The molecule has 1 heterocycles. The Morgan fingerprint density at radius 2 is 2.00 bits per heavy atom. The molecule has 1 fully saturated rings. The molecule has 0 radical (unpaired) electrons. The quantitative estimate of drug-likeness (QED) is 0.379. The Bertz CT molecular complexity index is 268. The number of guanidine groups is 2. The summed E-state index contributed by atoms with van der Waals surface area (Å²) in [5.41, 5.74) is 16.0. The van der Waals surface area contributed by atoms with Crippen molar-refractivity contribution in [2.24, 2.45) is 33.1 Å². The summed E-state index contributed by atoms with van der Waals surface area (Å²) >= 11 is 0. The zero-order valence-corrected chi connectivity index (χ0v) is 9.35. The van der Waals surface area contributed by atoms with Crippen LogP contribution in [0.5, 0.6) is 0 Å². The highest BCUT2D eigenvalue weighted by Gasteiger charge is 2.23. The molecule has 0 aliphatic carbocycles. The number of rotatable bonds is 1. The summed E-state index contributed by atoms with van der Waals surface area (Å²) in [4.78, 5) is 10.3. The molecular weight excluding hydrogens is 192 g/mol. The lowest BCUT2D eigenvalue weighted by Crippen LogP contribution is -2.39. The van der Waals surface area contributed by atoms with Crippen LogP contribution < -0.4 is 17.2 Å². The third kappa shape index (κ3) is 3.75. The lowest BCUT2D eigenvalue weighted by atomic mass is 9.95. The number of hydrogen-bond acceptors (Lipinski definition) is 2. The number of hydrogen-bond donors (Lipinski definition) is 3. The number of nitrogens with two attached hydrogens (primary N) is 3. The molecule has 6 heteroatoms. The molecular formula is C9H20N6. The van der Waals surface area contributed by atoms with E-state index in [4.69, 9.17) is 17.2 Å². The van der Waals surface area contributed by atoms with E-state index in [0.717, 1.165) is 19.5 Å². The maximum Gasteiger partial charge on any atom is 0.218 e. The number of likely N-dealkylation sites (tertiary alicyclic amines) is 1. The summed E-state index contributed by atoms with van der Waals surface area (Å²) in [6, 6.07) is 0.226. The first-order valence-corrected chi connectivity index (χ1v) is 5.10. The van der Waals surface area contributed by atoms with E-state index in [0.29, 0.717) is 5.92 Å². The van der Waals surface area contributed by atoms with Crippen LogP contribution in [-0.4, -0.2) is 43.0 Å². The molecule has 2 atom stereocenters. The fourth-order valence-electron chi connectivity index (χ4n) is 1.86. The Balaban J connectivity index is 2.61. The molecule has 0 spiro atoms. The zero-order valence-electron chi connectivity index (χ0n) is 9.35. The van der Waals surface area contributed by atoms with E-state index >= 15 is 0 Å². The van der Waals surface area contributed by atoms with Crippen LogP contribution in [-0.2, 0) is 0 Å². The molecule has 1 aliphatic heterocycles. The Hall–Kier alpha value is -1.30. The van der Waals surface area contributed by atoms with Gasteiger partial charge in [0.2, 0.25) is 5.96 Å². The van der Waals surface area contributed by atoms with Gasteiger partial charge in [0.25, 0.3) is 0 Å². The fourth-order valence-corrected chi connectivity index (χ4v) is 1.86. The minimum Gasteiger partial charge on any atom is -0.370 e. The standard InChI is InChI=1S/C9H20N6/c1-6-5-15(2)4-3-7(6)13-9(12)14-8(10)11/h6-7H,3-5H2,1-2H3,(H6,10,11,12,13,14). The molecule has 15 heavy (non-hydrogen) atoms. The minimum atomic E-state index is -0.0446. The minimum absolute atomic E-state index is 0.0446. The topological polar surface area (TPSA) is 106 Å². The molecule has 0 aromatic carbocycles. The number of aliphatic imine (C=N–C) groups is 2. The maximum absolute atomic E-state index is 5.59. The number of nitrogens with zero attached hydrogens (tertiary/aromatic N) is 3. The molecule has 1 rings (SSSR count). The van der Waals surface area contributed by atoms with Gasteiger partial charge in [-0.25, -0.2) is 4.99 Å². The van der Waals surface area contributed by atoms with Gasteiger partial charge in [-0.05, 0) is 25.9 Å². The molecule has 86 valence electrons. The smallest absolute Gasteiger partial charge is 0.218 e. The molecule has 6 N–H and O–H groups in total. The summed E-state index contributed by atoms with van der Waals surface area (Å²) < 4.78 is 0. The van der Waals surface area contributed by atoms with Crippen molar-refractivity contribution in [3.05, 3.63) is 0 Å². The summed E-state index contributed by atoms with van der Waals surface area (Å²) in [6.45, 7) is 4.23. The predicted octanol–water partition coefficient (Wildman–Crippen LogP) is -1.09. The Morgan fingerprint density at radius 1 is 1.33 bits per heavy atom. The highest BCUT2D eigenvalue weighted by Crippen LogP contribution is 2.18. The van der Waals surface area contributed by atoms with E-state index < -0.39 is 0 Å². The van der Waals surface area contributed by atoms with E-state index in [1.54, 1.807) is 0 Å². The predicted molar refractivity (Wildman–Crippen MR) is 62.5 cm³/mol. The summed E-state index contributed by atoms with van der Waals surface area (Å²) in [5.74, 6) is 0.615. The van der Waals surface area contributed by atoms with Crippen molar-refractivity contribution in [3.63, 3.8) is 0 Å². The van der Waals surface area contributed by atoms with Crippen LogP contribution in [0.25, 0.3) is 0 Å². The largest absolute Gasteiger partial charge is 0.370 e. The van der Waals surface area contributed by atoms with Crippen molar-refractivity contribution in [3.8, 4) is 0 Å². The van der Waals surface area contributed by atoms with E-state index in [-0.39, 0.29) is 18.0 Å². The average molecular weight is 212 g/mol. The maximum atomic E-state index is 5.59. The van der Waals surface area contributed by atoms with Gasteiger partial charge in [0.15, 0.2) is 5.96 Å². The molecule has 0 saturated carbocycles. The van der Waals surface area contributed by atoms with Gasteiger partial charge < -0.3 is 22.1 Å². The highest BCUT2D eigenvalue weighted by atomic mass is 15.1. The second-order valence-electron chi connectivity index (χ2n) is 4.12. The highest BCUT2D eigenvalue weighted by molar-refractivity contribution is 5.92. The fraction of sp³-hybridized carbons (Fsp3) is 0.778. The first kappa shape index (κ1) is 11.8. The van der Waals surface area contributed by atoms with Crippen LogP contribution >= 0.6 is 0 Å². The normalized spacial score (nSPS) is 28.8. The molecule has 0 aromatic rings.